The third kappa shape index (κ3) is 3.36. The molecule has 0 N–H and O–H groups in total. The molecule has 0 aliphatic heterocycles. The second-order valence-electron chi connectivity index (χ2n) is 4.04. The van der Waals surface area contributed by atoms with Gasteiger partial charge in [-0.1, -0.05) is 18.2 Å². The maximum atomic E-state index is 5.68. The first-order chi connectivity index (χ1) is 8.31. The SMILES string of the molecule is Cc1cc(CSCCCCl)c2ccccc2n1. The Morgan fingerprint density at radius 1 is 1.29 bits per heavy atom. The Balaban J connectivity index is 2.20. The Labute approximate surface area is 112 Å². The van der Waals surface area contributed by atoms with Gasteiger partial charge in [0.25, 0.3) is 0 Å². The second-order valence-corrected chi connectivity index (χ2v) is 5.52. The van der Waals surface area contributed by atoms with Gasteiger partial charge in [0.05, 0.1) is 5.52 Å². The molecule has 0 unspecified atom stereocenters. The fourth-order valence-electron chi connectivity index (χ4n) is 1.85. The van der Waals surface area contributed by atoms with Crippen LogP contribution in [0.2, 0.25) is 0 Å². The number of fused-ring (bicyclic) bond motifs is 1. The van der Waals surface area contributed by atoms with Crippen LogP contribution in [0.3, 0.4) is 0 Å². The van der Waals surface area contributed by atoms with Crippen LogP contribution >= 0.6 is 23.4 Å². The molecular formula is C14H16ClNS. The van der Waals surface area contributed by atoms with Gasteiger partial charge < -0.3 is 0 Å². The smallest absolute Gasteiger partial charge is 0.0708 e. The molecule has 1 aromatic heterocycles. The molecule has 0 saturated heterocycles. The van der Waals surface area contributed by atoms with Crippen molar-refractivity contribution in [3.63, 3.8) is 0 Å². The minimum Gasteiger partial charge on any atom is -0.253 e. The lowest BCUT2D eigenvalue weighted by Gasteiger charge is -2.07. The largest absolute Gasteiger partial charge is 0.253 e. The zero-order chi connectivity index (χ0) is 12.1. The first kappa shape index (κ1) is 12.7. The van der Waals surface area contributed by atoms with Crippen LogP contribution in [0.15, 0.2) is 30.3 Å². The van der Waals surface area contributed by atoms with Crippen LogP contribution in [0.5, 0.6) is 0 Å². The molecule has 0 atom stereocenters. The molecule has 0 aliphatic rings. The maximum Gasteiger partial charge on any atom is 0.0708 e. The van der Waals surface area contributed by atoms with Crippen molar-refractivity contribution in [3.05, 3.63) is 41.6 Å². The third-order valence-electron chi connectivity index (χ3n) is 2.61. The van der Waals surface area contributed by atoms with Crippen LogP contribution in [0, 0.1) is 6.92 Å². The van der Waals surface area contributed by atoms with Gasteiger partial charge in [0.15, 0.2) is 0 Å². The van der Waals surface area contributed by atoms with Crippen LogP contribution in [0.4, 0.5) is 0 Å². The molecule has 0 radical (unpaired) electrons. The number of para-hydroxylation sites is 1. The lowest BCUT2D eigenvalue weighted by atomic mass is 10.1. The zero-order valence-corrected chi connectivity index (χ0v) is 11.5. The van der Waals surface area contributed by atoms with Crippen LogP contribution in [0.1, 0.15) is 17.7 Å². The van der Waals surface area contributed by atoms with Crippen molar-refractivity contribution in [2.24, 2.45) is 0 Å². The summed E-state index contributed by atoms with van der Waals surface area (Å²) in [6.45, 7) is 2.05. The summed E-state index contributed by atoms with van der Waals surface area (Å²) in [5.41, 5.74) is 3.57. The Kier molecular flexibility index (Phi) is 4.69. The van der Waals surface area contributed by atoms with E-state index in [1.165, 1.54) is 10.9 Å². The third-order valence-corrected chi connectivity index (χ3v) is 3.97. The van der Waals surface area contributed by atoms with Gasteiger partial charge in [-0.3, -0.25) is 4.98 Å². The molecule has 2 rings (SSSR count). The Morgan fingerprint density at radius 3 is 2.94 bits per heavy atom. The Hall–Kier alpha value is -0.730. The minimum atomic E-state index is 0.753. The average Bonchev–Trinajstić information content (AvgIpc) is 2.34. The van der Waals surface area contributed by atoms with Crippen molar-refractivity contribution >= 4 is 34.3 Å². The number of aryl methyl sites for hydroxylation is 1. The van der Waals surface area contributed by atoms with E-state index in [0.29, 0.717) is 0 Å². The van der Waals surface area contributed by atoms with E-state index in [1.54, 1.807) is 0 Å². The number of aromatic nitrogens is 1. The molecule has 90 valence electrons. The number of halogens is 1. The number of hydrogen-bond donors (Lipinski definition) is 0. The molecule has 2 aromatic rings. The molecule has 0 fully saturated rings. The summed E-state index contributed by atoms with van der Waals surface area (Å²) in [6.07, 6.45) is 1.08. The number of thioether (sulfide) groups is 1. The first-order valence-electron chi connectivity index (χ1n) is 5.80. The predicted molar refractivity (Wildman–Crippen MR) is 78.0 cm³/mol. The zero-order valence-electron chi connectivity index (χ0n) is 9.95. The summed E-state index contributed by atoms with van der Waals surface area (Å²) < 4.78 is 0. The standard InChI is InChI=1S/C14H16ClNS/c1-11-9-12(10-17-8-4-7-15)13-5-2-3-6-14(13)16-11/h2-3,5-6,9H,4,7-8,10H2,1H3. The second kappa shape index (κ2) is 6.27. The van der Waals surface area contributed by atoms with Crippen LogP contribution < -0.4 is 0 Å². The maximum absolute atomic E-state index is 5.68. The van der Waals surface area contributed by atoms with E-state index < -0.39 is 0 Å². The highest BCUT2D eigenvalue weighted by atomic mass is 35.5. The highest BCUT2D eigenvalue weighted by Gasteiger charge is 2.03. The summed E-state index contributed by atoms with van der Waals surface area (Å²) in [6, 6.07) is 10.5. The highest BCUT2D eigenvalue weighted by molar-refractivity contribution is 7.98. The fourth-order valence-corrected chi connectivity index (χ4v) is 3.10. The van der Waals surface area contributed by atoms with E-state index in [0.717, 1.165) is 35.0 Å². The topological polar surface area (TPSA) is 12.9 Å². The van der Waals surface area contributed by atoms with Crippen molar-refractivity contribution in [2.45, 2.75) is 19.1 Å². The van der Waals surface area contributed by atoms with E-state index in [-0.39, 0.29) is 0 Å². The van der Waals surface area contributed by atoms with Crippen molar-refractivity contribution < 1.29 is 0 Å². The molecule has 0 amide bonds. The molecule has 0 aliphatic carbocycles. The quantitative estimate of drug-likeness (QED) is 0.587. The number of nitrogens with zero attached hydrogens (tertiary/aromatic N) is 1. The number of alkyl halides is 1. The first-order valence-corrected chi connectivity index (χ1v) is 7.49. The van der Waals surface area contributed by atoms with Gasteiger partial charge in [-0.2, -0.15) is 11.8 Å². The summed E-state index contributed by atoms with van der Waals surface area (Å²) in [7, 11) is 0. The van der Waals surface area contributed by atoms with Crippen LogP contribution in [-0.4, -0.2) is 16.6 Å². The summed E-state index contributed by atoms with van der Waals surface area (Å²) in [5.74, 6) is 2.92. The molecular weight excluding hydrogens is 250 g/mol. The summed E-state index contributed by atoms with van der Waals surface area (Å²) >= 11 is 7.62. The number of benzene rings is 1. The Bertz CT molecular complexity index is 499. The van der Waals surface area contributed by atoms with E-state index in [2.05, 4.69) is 36.2 Å². The van der Waals surface area contributed by atoms with Crippen molar-refractivity contribution in [3.8, 4) is 0 Å². The van der Waals surface area contributed by atoms with Gasteiger partial charge in [0, 0.05) is 22.7 Å². The number of pyridine rings is 1. The van der Waals surface area contributed by atoms with Gasteiger partial charge >= 0.3 is 0 Å². The average molecular weight is 266 g/mol. The van der Waals surface area contributed by atoms with Gasteiger partial charge in [-0.05, 0) is 36.8 Å². The lowest BCUT2D eigenvalue weighted by molar-refractivity contribution is 1.11. The molecule has 1 nitrogen and oxygen atoms in total. The minimum absolute atomic E-state index is 0.753. The number of hydrogen-bond acceptors (Lipinski definition) is 2. The van der Waals surface area contributed by atoms with Crippen molar-refractivity contribution in [2.75, 3.05) is 11.6 Å². The van der Waals surface area contributed by atoms with Crippen molar-refractivity contribution in [1.82, 2.24) is 4.98 Å². The lowest BCUT2D eigenvalue weighted by Crippen LogP contribution is -1.91. The molecule has 1 aromatic carbocycles. The molecule has 17 heavy (non-hydrogen) atoms. The van der Waals surface area contributed by atoms with Gasteiger partial charge in [-0.15, -0.1) is 11.6 Å². The van der Waals surface area contributed by atoms with Crippen molar-refractivity contribution in [1.29, 1.82) is 0 Å². The summed E-state index contributed by atoms with van der Waals surface area (Å²) in [5, 5.41) is 1.27. The fraction of sp³-hybridized carbons (Fsp3) is 0.357. The molecule has 3 heteroatoms. The van der Waals surface area contributed by atoms with E-state index in [4.69, 9.17) is 11.6 Å². The molecule has 1 heterocycles. The highest BCUT2D eigenvalue weighted by Crippen LogP contribution is 2.22. The molecule has 0 saturated carbocycles. The number of rotatable bonds is 5. The molecule has 0 spiro atoms. The molecule has 0 bridgehead atoms. The van der Waals surface area contributed by atoms with Gasteiger partial charge in [-0.25, -0.2) is 0 Å². The van der Waals surface area contributed by atoms with E-state index >= 15 is 0 Å². The van der Waals surface area contributed by atoms with Crippen LogP contribution in [0.25, 0.3) is 10.9 Å². The normalized spacial score (nSPS) is 10.9. The Morgan fingerprint density at radius 2 is 2.12 bits per heavy atom. The van der Waals surface area contributed by atoms with E-state index in [9.17, 15) is 0 Å². The van der Waals surface area contributed by atoms with E-state index in [1.807, 2.05) is 17.8 Å². The van der Waals surface area contributed by atoms with Gasteiger partial charge in [0.1, 0.15) is 0 Å². The van der Waals surface area contributed by atoms with Crippen LogP contribution in [-0.2, 0) is 5.75 Å². The predicted octanol–water partition coefficient (Wildman–Crippen LogP) is 4.41. The monoisotopic (exact) mass is 265 g/mol. The van der Waals surface area contributed by atoms with Gasteiger partial charge in [0.2, 0.25) is 0 Å². The summed E-state index contributed by atoms with van der Waals surface area (Å²) in [4.78, 5) is 4.55.